The van der Waals surface area contributed by atoms with Crippen LogP contribution in [0.4, 0.5) is 10.2 Å². The Morgan fingerprint density at radius 3 is 2.83 bits per heavy atom. The van der Waals surface area contributed by atoms with Gasteiger partial charge in [0, 0.05) is 36.7 Å². The fraction of sp³-hybridized carbons (Fsp3) is 0.167. The Morgan fingerprint density at radius 2 is 2.06 bits per heavy atom. The molecule has 0 aliphatic heterocycles. The first-order valence-electron chi connectivity index (χ1n) is 10.7. The molecule has 1 aromatic carbocycles. The highest BCUT2D eigenvalue weighted by molar-refractivity contribution is 5.99. The zero-order chi connectivity index (χ0) is 24.4. The Hall–Kier alpha value is -4.67. The van der Waals surface area contributed by atoms with Crippen LogP contribution in [0.15, 0.2) is 71.3 Å². The highest BCUT2D eigenvalue weighted by Crippen LogP contribution is 2.26. The maximum absolute atomic E-state index is 14.3. The monoisotopic (exact) mass is 474 g/mol. The highest BCUT2D eigenvalue weighted by atomic mass is 19.1. The highest BCUT2D eigenvalue weighted by Gasteiger charge is 2.27. The van der Waals surface area contributed by atoms with Gasteiger partial charge in [-0.15, -0.1) is 0 Å². The van der Waals surface area contributed by atoms with Gasteiger partial charge in [-0.05, 0) is 18.2 Å². The van der Waals surface area contributed by atoms with Crippen LogP contribution in [0.3, 0.4) is 0 Å². The van der Waals surface area contributed by atoms with E-state index < -0.39 is 11.8 Å². The van der Waals surface area contributed by atoms with Crippen LogP contribution < -0.4 is 5.32 Å². The van der Waals surface area contributed by atoms with E-state index in [4.69, 9.17) is 4.52 Å². The molecule has 0 saturated heterocycles. The molecule has 10 nitrogen and oxygen atoms in total. The molecule has 0 bridgehead atoms. The molecule has 0 saturated carbocycles. The van der Waals surface area contributed by atoms with Crippen LogP contribution in [-0.4, -0.2) is 41.7 Å². The average Bonchev–Trinajstić information content (AvgIpc) is 3.50. The predicted octanol–water partition coefficient (Wildman–Crippen LogP) is 3.54. The Bertz CT molecular complexity index is 1430. The van der Waals surface area contributed by atoms with Gasteiger partial charge in [-0.1, -0.05) is 23.4 Å². The summed E-state index contributed by atoms with van der Waals surface area (Å²) in [5.41, 5.74) is 1.88. The lowest BCUT2D eigenvalue weighted by atomic mass is 9.91. The van der Waals surface area contributed by atoms with Crippen LogP contribution in [0.25, 0.3) is 22.9 Å². The van der Waals surface area contributed by atoms with Crippen LogP contribution in [0.1, 0.15) is 18.4 Å². The molecule has 1 aliphatic carbocycles. The van der Waals surface area contributed by atoms with E-state index in [1.807, 2.05) is 0 Å². The van der Waals surface area contributed by atoms with Crippen molar-refractivity contribution in [2.75, 3.05) is 5.32 Å². The van der Waals surface area contributed by atoms with Crippen molar-refractivity contribution in [3.8, 4) is 22.9 Å². The van der Waals surface area contributed by atoms with E-state index in [0.29, 0.717) is 22.6 Å². The van der Waals surface area contributed by atoms with Gasteiger partial charge >= 0.3 is 0 Å². The molecule has 35 heavy (non-hydrogen) atoms. The molecule has 1 amide bonds. The SMILES string of the molecule is O=C1C=C(O)CC(C(=O)Nc2ccnc(-c3cc(-c4ccon4)n(Cc4ccccc4F)n3)n2)C1. The van der Waals surface area contributed by atoms with E-state index in [1.165, 1.54) is 24.6 Å². The second kappa shape index (κ2) is 9.29. The number of rotatable bonds is 6. The average molecular weight is 474 g/mol. The topological polar surface area (TPSA) is 136 Å². The van der Waals surface area contributed by atoms with Crippen molar-refractivity contribution in [3.63, 3.8) is 0 Å². The summed E-state index contributed by atoms with van der Waals surface area (Å²) in [6, 6.07) is 11.3. The number of amides is 1. The quantitative estimate of drug-likeness (QED) is 0.433. The number of aliphatic hydroxyl groups excluding tert-OH is 1. The summed E-state index contributed by atoms with van der Waals surface area (Å²) in [7, 11) is 0. The van der Waals surface area contributed by atoms with E-state index in [1.54, 1.807) is 35.0 Å². The minimum Gasteiger partial charge on any atom is -0.512 e. The van der Waals surface area contributed by atoms with Gasteiger partial charge in [-0.2, -0.15) is 5.10 Å². The Labute approximate surface area is 198 Å². The van der Waals surface area contributed by atoms with E-state index >= 15 is 0 Å². The van der Waals surface area contributed by atoms with Crippen molar-refractivity contribution in [1.82, 2.24) is 24.9 Å². The minimum absolute atomic E-state index is 0.00927. The molecule has 1 atom stereocenters. The van der Waals surface area contributed by atoms with Gasteiger partial charge in [0.1, 0.15) is 29.3 Å². The number of benzene rings is 1. The number of carbonyl (C=O) groups excluding carboxylic acids is 2. The van der Waals surface area contributed by atoms with Crippen LogP contribution >= 0.6 is 0 Å². The van der Waals surface area contributed by atoms with Gasteiger partial charge < -0.3 is 14.9 Å². The molecule has 1 aliphatic rings. The Balaban J connectivity index is 1.43. The van der Waals surface area contributed by atoms with Crippen molar-refractivity contribution in [2.24, 2.45) is 5.92 Å². The first-order chi connectivity index (χ1) is 17.0. The van der Waals surface area contributed by atoms with Crippen molar-refractivity contribution in [2.45, 2.75) is 19.4 Å². The number of hydrogen-bond donors (Lipinski definition) is 2. The first kappa shape index (κ1) is 22.1. The molecule has 0 fully saturated rings. The van der Waals surface area contributed by atoms with Gasteiger partial charge in [0.05, 0.1) is 23.9 Å². The number of hydrogen-bond acceptors (Lipinski definition) is 8. The first-order valence-corrected chi connectivity index (χ1v) is 10.7. The molecule has 176 valence electrons. The summed E-state index contributed by atoms with van der Waals surface area (Å²) in [6.07, 6.45) is 4.11. The van der Waals surface area contributed by atoms with Crippen molar-refractivity contribution in [1.29, 1.82) is 0 Å². The van der Waals surface area contributed by atoms with Gasteiger partial charge in [0.25, 0.3) is 0 Å². The number of halogens is 1. The Kier molecular flexibility index (Phi) is 5.88. The lowest BCUT2D eigenvalue weighted by Crippen LogP contribution is -2.28. The van der Waals surface area contributed by atoms with Gasteiger partial charge in [0.2, 0.25) is 5.91 Å². The zero-order valence-corrected chi connectivity index (χ0v) is 18.3. The fourth-order valence-corrected chi connectivity index (χ4v) is 3.82. The number of nitrogens with zero attached hydrogens (tertiary/aromatic N) is 5. The van der Waals surface area contributed by atoms with E-state index in [0.717, 1.165) is 6.08 Å². The minimum atomic E-state index is -0.690. The second-order valence-electron chi connectivity index (χ2n) is 8.01. The molecule has 1 unspecified atom stereocenters. The third-order valence-electron chi connectivity index (χ3n) is 5.50. The van der Waals surface area contributed by atoms with Crippen LogP contribution in [-0.2, 0) is 16.1 Å². The number of ketones is 1. The van der Waals surface area contributed by atoms with Crippen molar-refractivity contribution in [3.05, 3.63) is 78.1 Å². The number of anilines is 1. The number of carbonyl (C=O) groups is 2. The second-order valence-corrected chi connectivity index (χ2v) is 8.01. The van der Waals surface area contributed by atoms with Crippen LogP contribution in [0.2, 0.25) is 0 Å². The van der Waals surface area contributed by atoms with E-state index in [2.05, 4.69) is 25.5 Å². The summed E-state index contributed by atoms with van der Waals surface area (Å²) >= 11 is 0. The lowest BCUT2D eigenvalue weighted by molar-refractivity contribution is -0.125. The smallest absolute Gasteiger partial charge is 0.229 e. The molecule has 0 spiro atoms. The molecule has 4 aromatic rings. The lowest BCUT2D eigenvalue weighted by Gasteiger charge is -2.18. The third-order valence-corrected chi connectivity index (χ3v) is 5.50. The summed E-state index contributed by atoms with van der Waals surface area (Å²) in [6.45, 7) is 0.137. The zero-order valence-electron chi connectivity index (χ0n) is 18.3. The molecule has 3 heterocycles. The Morgan fingerprint density at radius 1 is 1.20 bits per heavy atom. The van der Waals surface area contributed by atoms with Gasteiger partial charge in [0.15, 0.2) is 11.6 Å². The van der Waals surface area contributed by atoms with Crippen LogP contribution in [0.5, 0.6) is 0 Å². The summed E-state index contributed by atoms with van der Waals surface area (Å²) in [5.74, 6) is -1.47. The van der Waals surface area contributed by atoms with E-state index in [-0.39, 0.29) is 48.4 Å². The predicted molar refractivity (Wildman–Crippen MR) is 121 cm³/mol. The summed E-state index contributed by atoms with van der Waals surface area (Å²) in [5, 5.41) is 20.9. The molecule has 5 rings (SSSR count). The fourth-order valence-electron chi connectivity index (χ4n) is 3.82. The molecule has 0 radical (unpaired) electrons. The van der Waals surface area contributed by atoms with Crippen LogP contribution in [0, 0.1) is 11.7 Å². The molecule has 3 aromatic heterocycles. The largest absolute Gasteiger partial charge is 0.512 e. The number of allylic oxidation sites excluding steroid dienone is 2. The molecule has 11 heteroatoms. The third kappa shape index (κ3) is 4.83. The van der Waals surface area contributed by atoms with E-state index in [9.17, 15) is 19.1 Å². The number of aliphatic hydroxyl groups is 1. The molecular formula is C24H19FN6O4. The van der Waals surface area contributed by atoms with Gasteiger partial charge in [-0.3, -0.25) is 14.3 Å². The maximum atomic E-state index is 14.3. The number of nitrogens with one attached hydrogen (secondary N) is 1. The van der Waals surface area contributed by atoms with Gasteiger partial charge in [-0.25, -0.2) is 14.4 Å². The van der Waals surface area contributed by atoms with Crippen molar-refractivity contribution >= 4 is 17.5 Å². The standard InChI is InChI=1S/C24H19FN6O4/c25-18-4-2-1-3-14(18)13-31-21(19-6-8-35-30-19)12-20(29-31)23-26-7-5-22(27-23)28-24(34)15-9-16(32)11-17(33)10-15/h1-8,11-12,15,32H,9-10,13H2,(H,26,27,28,34). The number of aromatic nitrogens is 5. The van der Waals surface area contributed by atoms with Crippen molar-refractivity contribution < 1.29 is 23.6 Å². The maximum Gasteiger partial charge on any atom is 0.229 e. The molecular weight excluding hydrogens is 455 g/mol. The summed E-state index contributed by atoms with van der Waals surface area (Å²) < 4.78 is 20.8. The molecule has 2 N–H and O–H groups in total. The summed E-state index contributed by atoms with van der Waals surface area (Å²) in [4.78, 5) is 32.9. The normalized spacial score (nSPS) is 15.6.